The van der Waals surface area contributed by atoms with Gasteiger partial charge in [-0.1, -0.05) is 12.1 Å². The van der Waals surface area contributed by atoms with E-state index in [9.17, 15) is 0 Å². The van der Waals surface area contributed by atoms with E-state index in [1.807, 2.05) is 49.0 Å². The fraction of sp³-hybridized carbons (Fsp3) is 0.250. The number of nitrogens with two attached hydrogens (primary N) is 1. The van der Waals surface area contributed by atoms with Gasteiger partial charge in [0.2, 0.25) is 0 Å². The summed E-state index contributed by atoms with van der Waals surface area (Å²) in [5.74, 6) is 0.855. The quantitative estimate of drug-likeness (QED) is 0.737. The molecule has 5 heteroatoms. The van der Waals surface area contributed by atoms with Crippen LogP contribution in [0.25, 0.3) is 22.7 Å². The molecule has 2 aromatic carbocycles. The minimum absolute atomic E-state index is 0.301. The van der Waals surface area contributed by atoms with Gasteiger partial charge in [0.15, 0.2) is 0 Å². The Balaban J connectivity index is 1.77. The molecule has 128 valence electrons. The Kier molecular flexibility index (Phi) is 3.54. The molecule has 0 saturated heterocycles. The fourth-order valence-electron chi connectivity index (χ4n) is 3.09. The molecule has 0 spiro atoms. The summed E-state index contributed by atoms with van der Waals surface area (Å²) in [6.07, 6.45) is 6.16. The van der Waals surface area contributed by atoms with Crippen LogP contribution in [-0.4, -0.2) is 22.5 Å². The first-order valence-corrected chi connectivity index (χ1v) is 8.24. The summed E-state index contributed by atoms with van der Waals surface area (Å²) in [6.45, 7) is 4.62. The molecular formula is C20H21N3O2. The molecule has 0 saturated carbocycles. The van der Waals surface area contributed by atoms with Gasteiger partial charge in [-0.15, -0.1) is 0 Å². The lowest BCUT2D eigenvalue weighted by atomic mass is 10.0. The summed E-state index contributed by atoms with van der Waals surface area (Å²) in [4.78, 5) is 0. The van der Waals surface area contributed by atoms with Crippen molar-refractivity contribution >= 4 is 22.7 Å². The van der Waals surface area contributed by atoms with Gasteiger partial charge in [0.1, 0.15) is 11.4 Å². The van der Waals surface area contributed by atoms with Crippen molar-refractivity contribution in [3.63, 3.8) is 0 Å². The van der Waals surface area contributed by atoms with Crippen LogP contribution in [-0.2, 0) is 11.3 Å². The van der Waals surface area contributed by atoms with Gasteiger partial charge in [-0.25, -0.2) is 4.68 Å². The zero-order valence-corrected chi connectivity index (χ0v) is 14.6. The Hall–Kier alpha value is -2.79. The van der Waals surface area contributed by atoms with Crippen LogP contribution in [0.4, 0.5) is 5.69 Å². The summed E-state index contributed by atoms with van der Waals surface area (Å²) in [6, 6.07) is 9.97. The normalized spacial score (nSPS) is 15.2. The Labute approximate surface area is 146 Å². The molecule has 5 nitrogen and oxygen atoms in total. The minimum atomic E-state index is -0.301. The molecule has 1 aliphatic heterocycles. The fourth-order valence-corrected chi connectivity index (χ4v) is 3.09. The Morgan fingerprint density at radius 2 is 2.08 bits per heavy atom. The minimum Gasteiger partial charge on any atom is -0.483 e. The highest BCUT2D eigenvalue weighted by Crippen LogP contribution is 2.34. The molecule has 0 aliphatic carbocycles. The van der Waals surface area contributed by atoms with Gasteiger partial charge in [-0.05, 0) is 43.7 Å². The van der Waals surface area contributed by atoms with Gasteiger partial charge in [-0.2, -0.15) is 5.10 Å². The Bertz CT molecular complexity index is 986. The third-order valence-corrected chi connectivity index (χ3v) is 4.32. The van der Waals surface area contributed by atoms with Crippen molar-refractivity contribution in [2.45, 2.75) is 26.1 Å². The molecule has 1 aliphatic rings. The molecule has 3 aromatic rings. The van der Waals surface area contributed by atoms with E-state index < -0.39 is 0 Å². The molecule has 0 atom stereocenters. The first kappa shape index (κ1) is 15.7. The van der Waals surface area contributed by atoms with E-state index in [0.29, 0.717) is 12.3 Å². The number of nitrogens with zero attached hydrogens (tertiary/aromatic N) is 2. The standard InChI is InChI=1S/C20H21N3O2/c1-20(2)7-6-14-9-15-11-23(22-17(15)10-19(14)25-20)18-5-4-13(12-24-3)8-16(18)21/h4-11H,12,21H2,1-3H3. The number of rotatable bonds is 3. The average molecular weight is 335 g/mol. The van der Waals surface area contributed by atoms with Crippen LogP contribution in [0.1, 0.15) is 25.0 Å². The molecule has 4 rings (SSSR count). The van der Waals surface area contributed by atoms with Gasteiger partial charge in [-0.3, -0.25) is 0 Å². The van der Waals surface area contributed by atoms with Crippen molar-refractivity contribution in [1.82, 2.24) is 9.78 Å². The van der Waals surface area contributed by atoms with Crippen LogP contribution < -0.4 is 10.5 Å². The topological polar surface area (TPSA) is 62.3 Å². The molecule has 0 amide bonds. The molecule has 0 fully saturated rings. The SMILES string of the molecule is COCc1ccc(-n2cc3cc4c(cc3n2)OC(C)(C)C=C4)c(N)c1. The highest BCUT2D eigenvalue weighted by Gasteiger charge is 2.22. The second kappa shape index (κ2) is 5.63. The van der Waals surface area contributed by atoms with E-state index in [4.69, 9.17) is 15.2 Å². The maximum absolute atomic E-state index is 6.21. The van der Waals surface area contributed by atoms with E-state index >= 15 is 0 Å². The Morgan fingerprint density at radius 1 is 1.24 bits per heavy atom. The van der Waals surface area contributed by atoms with E-state index in [-0.39, 0.29) is 5.60 Å². The van der Waals surface area contributed by atoms with E-state index in [2.05, 4.69) is 23.3 Å². The monoisotopic (exact) mass is 335 g/mol. The third-order valence-electron chi connectivity index (χ3n) is 4.32. The van der Waals surface area contributed by atoms with Crippen LogP contribution >= 0.6 is 0 Å². The van der Waals surface area contributed by atoms with Crippen molar-refractivity contribution in [3.05, 3.63) is 53.7 Å². The number of nitrogen functional groups attached to an aromatic ring is 1. The van der Waals surface area contributed by atoms with Crippen LogP contribution in [0, 0.1) is 0 Å². The summed E-state index contributed by atoms with van der Waals surface area (Å²) < 4.78 is 13.0. The number of methoxy groups -OCH3 is 1. The molecule has 0 bridgehead atoms. The van der Waals surface area contributed by atoms with Gasteiger partial charge in [0.05, 0.1) is 23.5 Å². The van der Waals surface area contributed by atoms with E-state index in [1.165, 1.54) is 0 Å². The van der Waals surface area contributed by atoms with E-state index in [0.717, 1.165) is 33.5 Å². The molecule has 0 radical (unpaired) electrons. The smallest absolute Gasteiger partial charge is 0.130 e. The summed E-state index contributed by atoms with van der Waals surface area (Å²) >= 11 is 0. The number of ether oxygens (including phenoxy) is 2. The maximum atomic E-state index is 6.21. The number of fused-ring (bicyclic) bond motifs is 2. The highest BCUT2D eigenvalue weighted by molar-refractivity contribution is 5.85. The second-order valence-corrected chi connectivity index (χ2v) is 6.89. The predicted octanol–water partition coefficient (Wildman–Crippen LogP) is 3.94. The number of benzene rings is 2. The summed E-state index contributed by atoms with van der Waals surface area (Å²) in [7, 11) is 1.67. The molecule has 0 unspecified atom stereocenters. The first-order chi connectivity index (χ1) is 11.9. The summed E-state index contributed by atoms with van der Waals surface area (Å²) in [5.41, 5.74) is 10.4. The highest BCUT2D eigenvalue weighted by atomic mass is 16.5. The number of hydrogen-bond donors (Lipinski definition) is 1. The molecule has 2 heterocycles. The lowest BCUT2D eigenvalue weighted by Crippen LogP contribution is -2.27. The first-order valence-electron chi connectivity index (χ1n) is 8.24. The lowest BCUT2D eigenvalue weighted by molar-refractivity contribution is 0.159. The third kappa shape index (κ3) is 2.87. The van der Waals surface area contributed by atoms with Gasteiger partial charge in [0.25, 0.3) is 0 Å². The second-order valence-electron chi connectivity index (χ2n) is 6.89. The number of hydrogen-bond acceptors (Lipinski definition) is 4. The molecule has 25 heavy (non-hydrogen) atoms. The molecular weight excluding hydrogens is 314 g/mol. The van der Waals surface area contributed by atoms with Crippen LogP contribution in [0.5, 0.6) is 5.75 Å². The largest absolute Gasteiger partial charge is 0.483 e. The van der Waals surface area contributed by atoms with Crippen molar-refractivity contribution in [2.24, 2.45) is 0 Å². The Morgan fingerprint density at radius 3 is 2.84 bits per heavy atom. The van der Waals surface area contributed by atoms with Gasteiger partial charge < -0.3 is 15.2 Å². The van der Waals surface area contributed by atoms with Gasteiger partial charge >= 0.3 is 0 Å². The van der Waals surface area contributed by atoms with Crippen LogP contribution in [0.3, 0.4) is 0 Å². The average Bonchev–Trinajstić information content (AvgIpc) is 2.95. The number of aromatic nitrogens is 2. The van der Waals surface area contributed by atoms with Crippen molar-refractivity contribution in [2.75, 3.05) is 12.8 Å². The predicted molar refractivity (Wildman–Crippen MR) is 99.9 cm³/mol. The molecule has 2 N–H and O–H groups in total. The lowest BCUT2D eigenvalue weighted by Gasteiger charge is -2.27. The zero-order chi connectivity index (χ0) is 17.6. The molecule has 1 aromatic heterocycles. The van der Waals surface area contributed by atoms with Crippen molar-refractivity contribution in [1.29, 1.82) is 0 Å². The van der Waals surface area contributed by atoms with Crippen LogP contribution in [0.15, 0.2) is 42.6 Å². The van der Waals surface area contributed by atoms with E-state index in [1.54, 1.807) is 7.11 Å². The van der Waals surface area contributed by atoms with Gasteiger partial charge in [0, 0.05) is 30.3 Å². The van der Waals surface area contributed by atoms with Crippen LogP contribution in [0.2, 0.25) is 0 Å². The summed E-state index contributed by atoms with van der Waals surface area (Å²) in [5, 5.41) is 5.72. The number of anilines is 1. The zero-order valence-electron chi connectivity index (χ0n) is 14.6. The van der Waals surface area contributed by atoms with Crippen molar-refractivity contribution < 1.29 is 9.47 Å². The van der Waals surface area contributed by atoms with Crippen molar-refractivity contribution in [3.8, 4) is 11.4 Å². The maximum Gasteiger partial charge on any atom is 0.130 e.